The van der Waals surface area contributed by atoms with E-state index in [2.05, 4.69) is 19.6 Å². The lowest BCUT2D eigenvalue weighted by Crippen LogP contribution is -2.38. The zero-order valence-electron chi connectivity index (χ0n) is 12.7. The van der Waals surface area contributed by atoms with Crippen LogP contribution in [0.15, 0.2) is 18.2 Å². The fourth-order valence-corrected chi connectivity index (χ4v) is 3.45. The van der Waals surface area contributed by atoms with E-state index in [-0.39, 0.29) is 23.2 Å². The molecule has 0 bridgehead atoms. The molecule has 0 saturated carbocycles. The van der Waals surface area contributed by atoms with Gasteiger partial charge in [0.15, 0.2) is 16.7 Å². The fourth-order valence-electron chi connectivity index (χ4n) is 2.64. The van der Waals surface area contributed by atoms with Gasteiger partial charge in [0.1, 0.15) is 13.7 Å². The smallest absolute Gasteiger partial charge is 0.254 e. The summed E-state index contributed by atoms with van der Waals surface area (Å²) in [6.45, 7) is 1.26. The summed E-state index contributed by atoms with van der Waals surface area (Å²) in [6.07, 6.45) is 0. The van der Waals surface area contributed by atoms with Gasteiger partial charge in [0.05, 0.1) is 6.54 Å². The SMILES string of the molecule is [B]c1cc(C(=O)N2CCn3c(nnc3-c3nc(Cl)ns3)C2)ccc1F. The van der Waals surface area contributed by atoms with Crippen molar-refractivity contribution >= 4 is 42.3 Å². The predicted molar refractivity (Wildman–Crippen MR) is 90.5 cm³/mol. The first-order valence-corrected chi connectivity index (χ1v) is 8.44. The number of rotatable bonds is 2. The number of carbonyl (C=O) groups excluding carboxylic acids is 1. The van der Waals surface area contributed by atoms with E-state index in [9.17, 15) is 9.18 Å². The number of halogens is 2. The van der Waals surface area contributed by atoms with Gasteiger partial charge in [-0.3, -0.25) is 4.79 Å². The molecule has 0 N–H and O–H groups in total. The molecule has 0 atom stereocenters. The molecule has 0 fully saturated rings. The molecule has 11 heteroatoms. The average Bonchev–Trinajstić information content (AvgIpc) is 3.22. The summed E-state index contributed by atoms with van der Waals surface area (Å²) in [6, 6.07) is 3.94. The van der Waals surface area contributed by atoms with Crippen LogP contribution in [0.5, 0.6) is 0 Å². The van der Waals surface area contributed by atoms with E-state index in [1.165, 1.54) is 18.2 Å². The van der Waals surface area contributed by atoms with E-state index in [4.69, 9.17) is 19.4 Å². The Morgan fingerprint density at radius 1 is 1.32 bits per heavy atom. The fraction of sp³-hybridized carbons (Fsp3) is 0.214. The number of nitrogens with zero attached hydrogens (tertiary/aromatic N) is 6. The third-order valence-electron chi connectivity index (χ3n) is 3.88. The van der Waals surface area contributed by atoms with Crippen molar-refractivity contribution in [1.29, 1.82) is 0 Å². The summed E-state index contributed by atoms with van der Waals surface area (Å²) in [5.41, 5.74) is 0.282. The maximum absolute atomic E-state index is 13.3. The van der Waals surface area contributed by atoms with Crippen molar-refractivity contribution < 1.29 is 9.18 Å². The molecular weight excluding hydrogens is 366 g/mol. The summed E-state index contributed by atoms with van der Waals surface area (Å²) in [4.78, 5) is 18.3. The van der Waals surface area contributed by atoms with Crippen LogP contribution in [0.4, 0.5) is 4.39 Å². The highest BCUT2D eigenvalue weighted by Crippen LogP contribution is 2.25. The molecule has 3 heterocycles. The standard InChI is InChI=1S/C14H9BClFN6OS/c15-8-5-7(1-2-9(8)17)13(24)22-3-4-23-10(6-22)19-20-11(23)12-18-14(16)21-25-12/h1-2,5H,3-4,6H2. The molecule has 25 heavy (non-hydrogen) atoms. The summed E-state index contributed by atoms with van der Waals surface area (Å²) < 4.78 is 19.1. The van der Waals surface area contributed by atoms with Crippen molar-refractivity contribution in [3.05, 3.63) is 40.7 Å². The first-order valence-electron chi connectivity index (χ1n) is 7.29. The molecular formula is C14H9BClFN6OS. The molecule has 7 nitrogen and oxygen atoms in total. The van der Waals surface area contributed by atoms with Crippen molar-refractivity contribution in [2.75, 3.05) is 6.54 Å². The first-order chi connectivity index (χ1) is 12.0. The second kappa shape index (κ2) is 6.19. The first kappa shape index (κ1) is 16.2. The van der Waals surface area contributed by atoms with E-state index in [1.54, 1.807) is 4.90 Å². The van der Waals surface area contributed by atoms with Gasteiger partial charge in [-0.05, 0) is 35.3 Å². The van der Waals surface area contributed by atoms with Gasteiger partial charge < -0.3 is 9.47 Å². The van der Waals surface area contributed by atoms with Crippen LogP contribution in [0.2, 0.25) is 5.28 Å². The van der Waals surface area contributed by atoms with E-state index in [0.29, 0.717) is 35.3 Å². The highest BCUT2D eigenvalue weighted by molar-refractivity contribution is 7.09. The van der Waals surface area contributed by atoms with E-state index in [0.717, 1.165) is 11.5 Å². The van der Waals surface area contributed by atoms with Crippen LogP contribution in [-0.2, 0) is 13.1 Å². The summed E-state index contributed by atoms with van der Waals surface area (Å²) >= 11 is 6.90. The Morgan fingerprint density at radius 2 is 2.16 bits per heavy atom. The Bertz CT molecular complexity index is 976. The molecule has 124 valence electrons. The molecule has 1 aromatic carbocycles. The number of hydrogen-bond donors (Lipinski definition) is 0. The molecule has 4 rings (SSSR count). The van der Waals surface area contributed by atoms with Crippen LogP contribution in [0, 0.1) is 5.82 Å². The van der Waals surface area contributed by atoms with Crippen molar-refractivity contribution in [2.45, 2.75) is 13.1 Å². The van der Waals surface area contributed by atoms with Crippen LogP contribution < -0.4 is 5.46 Å². The number of aromatic nitrogens is 5. The van der Waals surface area contributed by atoms with E-state index >= 15 is 0 Å². The summed E-state index contributed by atoms with van der Waals surface area (Å²) in [5, 5.41) is 9.00. The second-order valence-electron chi connectivity index (χ2n) is 5.42. The van der Waals surface area contributed by atoms with Gasteiger partial charge in [0, 0.05) is 18.7 Å². The van der Waals surface area contributed by atoms with Gasteiger partial charge in [0.2, 0.25) is 5.28 Å². The van der Waals surface area contributed by atoms with Crippen LogP contribution in [0.1, 0.15) is 16.2 Å². The monoisotopic (exact) mass is 374 g/mol. The van der Waals surface area contributed by atoms with Crippen LogP contribution in [0.3, 0.4) is 0 Å². The van der Waals surface area contributed by atoms with Crippen molar-refractivity contribution in [1.82, 2.24) is 29.0 Å². The lowest BCUT2D eigenvalue weighted by atomic mass is 9.93. The third-order valence-corrected chi connectivity index (χ3v) is 4.86. The number of amides is 1. The minimum absolute atomic E-state index is 0.0542. The molecule has 0 aliphatic carbocycles. The van der Waals surface area contributed by atoms with Gasteiger partial charge in [-0.15, -0.1) is 10.2 Å². The largest absolute Gasteiger partial charge is 0.329 e. The Hall–Kier alpha value is -2.33. The van der Waals surface area contributed by atoms with Crippen LogP contribution in [0.25, 0.3) is 10.8 Å². The average molecular weight is 375 g/mol. The molecule has 0 saturated heterocycles. The molecule has 2 radical (unpaired) electrons. The van der Waals surface area contributed by atoms with Gasteiger partial charge in [0.25, 0.3) is 5.91 Å². The highest BCUT2D eigenvalue weighted by Gasteiger charge is 2.27. The van der Waals surface area contributed by atoms with Crippen LogP contribution in [-0.4, -0.2) is 49.3 Å². The maximum Gasteiger partial charge on any atom is 0.254 e. The molecule has 0 unspecified atom stereocenters. The number of hydrogen-bond acceptors (Lipinski definition) is 6. The normalized spacial score (nSPS) is 13.8. The van der Waals surface area contributed by atoms with Gasteiger partial charge in [-0.25, -0.2) is 9.37 Å². The molecule has 3 aromatic rings. The Labute approximate surface area is 152 Å². The molecule has 2 aromatic heterocycles. The highest BCUT2D eigenvalue weighted by atomic mass is 35.5. The third kappa shape index (κ3) is 2.91. The number of fused-ring (bicyclic) bond motifs is 1. The molecule has 1 amide bonds. The molecule has 1 aliphatic heterocycles. The predicted octanol–water partition coefficient (Wildman–Crippen LogP) is 1.04. The van der Waals surface area contributed by atoms with Gasteiger partial charge in [-0.2, -0.15) is 4.37 Å². The van der Waals surface area contributed by atoms with Gasteiger partial charge in [-0.1, -0.05) is 11.5 Å². The summed E-state index contributed by atoms with van der Waals surface area (Å²) in [5.74, 6) is 0.435. The lowest BCUT2D eigenvalue weighted by molar-refractivity contribution is 0.0708. The lowest BCUT2D eigenvalue weighted by Gasteiger charge is -2.27. The van der Waals surface area contributed by atoms with Gasteiger partial charge >= 0.3 is 0 Å². The van der Waals surface area contributed by atoms with E-state index in [1.807, 2.05) is 4.57 Å². The van der Waals surface area contributed by atoms with Crippen molar-refractivity contribution in [2.24, 2.45) is 0 Å². The molecule has 1 aliphatic rings. The van der Waals surface area contributed by atoms with Crippen molar-refractivity contribution in [3.8, 4) is 10.8 Å². The maximum atomic E-state index is 13.3. The number of carbonyl (C=O) groups is 1. The van der Waals surface area contributed by atoms with Crippen molar-refractivity contribution in [3.63, 3.8) is 0 Å². The molecule has 0 spiro atoms. The topological polar surface area (TPSA) is 76.8 Å². The summed E-state index contributed by atoms with van der Waals surface area (Å²) in [7, 11) is 5.54. The Morgan fingerprint density at radius 3 is 2.88 bits per heavy atom. The Kier molecular flexibility index (Phi) is 4.00. The quantitative estimate of drug-likeness (QED) is 0.626. The minimum Gasteiger partial charge on any atom is -0.329 e. The zero-order chi connectivity index (χ0) is 17.6. The minimum atomic E-state index is -0.546. The van der Waals surface area contributed by atoms with Crippen LogP contribution >= 0.6 is 23.1 Å². The Balaban J connectivity index is 1.58. The second-order valence-corrected chi connectivity index (χ2v) is 6.51. The zero-order valence-corrected chi connectivity index (χ0v) is 14.3. The van der Waals surface area contributed by atoms with E-state index < -0.39 is 5.82 Å². The number of benzene rings is 1.